The number of benzene rings is 2. The van der Waals surface area contributed by atoms with Crippen molar-refractivity contribution in [3.8, 4) is 0 Å². The van der Waals surface area contributed by atoms with Gasteiger partial charge < -0.3 is 20.4 Å². The zero-order chi connectivity index (χ0) is 23.5. The summed E-state index contributed by atoms with van der Waals surface area (Å²) in [5, 5.41) is 5.14. The fourth-order valence-electron chi connectivity index (χ4n) is 3.95. The van der Waals surface area contributed by atoms with E-state index in [1.54, 1.807) is 14.1 Å². The maximum Gasteiger partial charge on any atom is 0.251 e. The molecule has 2 heterocycles. The standard InChI is InChI=1S/C24H26N4O4S/c1-27(2)20(30)14-28-17-10-6-7-11-18(17)33-22(15-8-4-3-5-9-15)21(24(28)32)26-23(31)16-12-13-19(29)25-16/h3-11,16,21-22H,12-14H2,1-2H3,(H,25,29)(H,26,31)/t16-,21-,22-/m0/s1. The van der Waals surface area contributed by atoms with Gasteiger partial charge in [0.2, 0.25) is 17.7 Å². The fourth-order valence-corrected chi connectivity index (χ4v) is 5.29. The van der Waals surface area contributed by atoms with Gasteiger partial charge in [-0.15, -0.1) is 11.8 Å². The maximum absolute atomic E-state index is 13.9. The lowest BCUT2D eigenvalue weighted by molar-refractivity contribution is -0.131. The van der Waals surface area contributed by atoms with Crippen LogP contribution in [0.4, 0.5) is 5.69 Å². The smallest absolute Gasteiger partial charge is 0.251 e. The molecule has 2 aliphatic heterocycles. The molecule has 9 heteroatoms. The Bertz CT molecular complexity index is 1080. The first-order valence-corrected chi connectivity index (χ1v) is 11.6. The van der Waals surface area contributed by atoms with E-state index in [0.29, 0.717) is 12.1 Å². The monoisotopic (exact) mass is 466 g/mol. The number of nitrogens with one attached hydrogen (secondary N) is 2. The lowest BCUT2D eigenvalue weighted by Crippen LogP contribution is -2.55. The highest BCUT2D eigenvalue weighted by Crippen LogP contribution is 2.45. The molecule has 172 valence electrons. The Morgan fingerprint density at radius 2 is 1.79 bits per heavy atom. The number of anilines is 1. The Hall–Kier alpha value is -3.33. The summed E-state index contributed by atoms with van der Waals surface area (Å²) in [6, 6.07) is 15.4. The number of amides is 4. The first-order chi connectivity index (χ1) is 15.8. The Labute approximate surface area is 196 Å². The van der Waals surface area contributed by atoms with Gasteiger partial charge >= 0.3 is 0 Å². The van der Waals surface area contributed by atoms with Crippen molar-refractivity contribution < 1.29 is 19.2 Å². The normalized spacial score (nSPS) is 22.2. The Balaban J connectivity index is 1.74. The van der Waals surface area contributed by atoms with E-state index < -0.39 is 23.2 Å². The van der Waals surface area contributed by atoms with Crippen molar-refractivity contribution in [1.82, 2.24) is 15.5 Å². The van der Waals surface area contributed by atoms with Gasteiger partial charge in [-0.05, 0) is 24.1 Å². The number of rotatable bonds is 5. The molecule has 1 fully saturated rings. The molecule has 0 aromatic heterocycles. The second kappa shape index (κ2) is 9.66. The number of nitrogens with zero attached hydrogens (tertiary/aromatic N) is 2. The predicted octanol–water partition coefficient (Wildman–Crippen LogP) is 1.72. The summed E-state index contributed by atoms with van der Waals surface area (Å²) < 4.78 is 0. The van der Waals surface area contributed by atoms with Crippen LogP contribution in [0, 0.1) is 0 Å². The number of hydrogen-bond donors (Lipinski definition) is 2. The second-order valence-corrected chi connectivity index (χ2v) is 9.46. The summed E-state index contributed by atoms with van der Waals surface area (Å²) in [5.74, 6) is -1.17. The number of likely N-dealkylation sites (N-methyl/N-ethyl adjacent to an activating group) is 1. The minimum absolute atomic E-state index is 0.141. The quantitative estimate of drug-likeness (QED) is 0.699. The third kappa shape index (κ3) is 4.88. The third-order valence-electron chi connectivity index (χ3n) is 5.77. The van der Waals surface area contributed by atoms with Crippen molar-refractivity contribution in [3.05, 3.63) is 60.2 Å². The zero-order valence-electron chi connectivity index (χ0n) is 18.5. The number of para-hydroxylation sites is 1. The highest BCUT2D eigenvalue weighted by Gasteiger charge is 2.41. The van der Waals surface area contributed by atoms with Crippen LogP contribution in [0.5, 0.6) is 0 Å². The number of hydrogen-bond acceptors (Lipinski definition) is 5. The minimum Gasteiger partial charge on any atom is -0.347 e. The average molecular weight is 467 g/mol. The minimum atomic E-state index is -0.926. The van der Waals surface area contributed by atoms with Crippen molar-refractivity contribution in [2.24, 2.45) is 0 Å². The Morgan fingerprint density at radius 3 is 2.45 bits per heavy atom. The van der Waals surface area contributed by atoms with Crippen molar-refractivity contribution in [2.75, 3.05) is 25.5 Å². The van der Waals surface area contributed by atoms with Gasteiger partial charge in [0.15, 0.2) is 0 Å². The summed E-state index contributed by atoms with van der Waals surface area (Å²) in [5.41, 5.74) is 1.52. The molecular formula is C24H26N4O4S. The van der Waals surface area contributed by atoms with Crippen LogP contribution < -0.4 is 15.5 Å². The topological polar surface area (TPSA) is 98.8 Å². The van der Waals surface area contributed by atoms with Crippen LogP contribution in [0.3, 0.4) is 0 Å². The molecule has 2 N–H and O–H groups in total. The summed E-state index contributed by atoms with van der Waals surface area (Å²) >= 11 is 1.48. The molecule has 0 bridgehead atoms. The third-order valence-corrected chi connectivity index (χ3v) is 7.17. The largest absolute Gasteiger partial charge is 0.347 e. The summed E-state index contributed by atoms with van der Waals surface area (Å²) in [4.78, 5) is 54.9. The number of fused-ring (bicyclic) bond motifs is 1. The lowest BCUT2D eigenvalue weighted by atomic mass is 10.0. The number of carbonyl (C=O) groups is 4. The molecule has 1 saturated heterocycles. The van der Waals surface area contributed by atoms with Gasteiger partial charge in [0.05, 0.1) is 10.9 Å². The van der Waals surface area contributed by atoms with Gasteiger partial charge in [0, 0.05) is 25.4 Å². The van der Waals surface area contributed by atoms with E-state index in [4.69, 9.17) is 0 Å². The lowest BCUT2D eigenvalue weighted by Gasteiger charge is -2.29. The van der Waals surface area contributed by atoms with Crippen molar-refractivity contribution >= 4 is 41.1 Å². The Morgan fingerprint density at radius 1 is 1.09 bits per heavy atom. The molecule has 33 heavy (non-hydrogen) atoms. The maximum atomic E-state index is 13.9. The molecule has 8 nitrogen and oxygen atoms in total. The molecule has 4 rings (SSSR count). The number of carbonyl (C=O) groups excluding carboxylic acids is 4. The van der Waals surface area contributed by atoms with Gasteiger partial charge in [-0.1, -0.05) is 42.5 Å². The summed E-state index contributed by atoms with van der Waals surface area (Å²) in [6.45, 7) is -0.141. The first kappa shape index (κ1) is 22.8. The molecule has 0 spiro atoms. The van der Waals surface area contributed by atoms with Crippen LogP contribution in [0.15, 0.2) is 59.5 Å². The van der Waals surface area contributed by atoms with E-state index in [1.807, 2.05) is 54.6 Å². The first-order valence-electron chi connectivity index (χ1n) is 10.8. The van der Waals surface area contributed by atoms with Crippen LogP contribution >= 0.6 is 11.8 Å². The van der Waals surface area contributed by atoms with Gasteiger partial charge in [-0.25, -0.2) is 0 Å². The highest BCUT2D eigenvalue weighted by molar-refractivity contribution is 7.99. The van der Waals surface area contributed by atoms with E-state index in [2.05, 4.69) is 10.6 Å². The van der Waals surface area contributed by atoms with Crippen LogP contribution in [-0.4, -0.2) is 61.3 Å². The van der Waals surface area contributed by atoms with E-state index in [-0.39, 0.29) is 30.7 Å². The summed E-state index contributed by atoms with van der Waals surface area (Å²) in [6.07, 6.45) is 0.667. The predicted molar refractivity (Wildman–Crippen MR) is 126 cm³/mol. The molecule has 2 aromatic carbocycles. The molecule has 3 atom stereocenters. The van der Waals surface area contributed by atoms with Crippen molar-refractivity contribution in [3.63, 3.8) is 0 Å². The summed E-state index contributed by atoms with van der Waals surface area (Å²) in [7, 11) is 3.28. The van der Waals surface area contributed by atoms with Gasteiger partial charge in [-0.2, -0.15) is 0 Å². The SMILES string of the molecule is CN(C)C(=O)CN1C(=O)[C@@H](NC(=O)[C@@H]2CCC(=O)N2)[C@H](c2ccccc2)Sc2ccccc21. The van der Waals surface area contributed by atoms with Crippen molar-refractivity contribution in [2.45, 2.75) is 35.1 Å². The van der Waals surface area contributed by atoms with Crippen LogP contribution in [-0.2, 0) is 19.2 Å². The van der Waals surface area contributed by atoms with Crippen molar-refractivity contribution in [1.29, 1.82) is 0 Å². The van der Waals surface area contributed by atoms with Crippen LogP contribution in [0.1, 0.15) is 23.7 Å². The highest BCUT2D eigenvalue weighted by atomic mass is 32.2. The van der Waals surface area contributed by atoms with Gasteiger partial charge in [0.1, 0.15) is 18.6 Å². The molecule has 4 amide bonds. The van der Waals surface area contributed by atoms with E-state index in [0.717, 1.165) is 10.5 Å². The Kier molecular flexibility index (Phi) is 6.69. The fraction of sp³-hybridized carbons (Fsp3) is 0.333. The average Bonchev–Trinajstić information content (AvgIpc) is 3.22. The van der Waals surface area contributed by atoms with Gasteiger partial charge in [-0.3, -0.25) is 19.2 Å². The molecule has 0 radical (unpaired) electrons. The molecular weight excluding hydrogens is 440 g/mol. The van der Waals surface area contributed by atoms with E-state index >= 15 is 0 Å². The van der Waals surface area contributed by atoms with E-state index in [9.17, 15) is 19.2 Å². The molecule has 2 aromatic rings. The molecule has 2 aliphatic rings. The molecule has 0 unspecified atom stereocenters. The van der Waals surface area contributed by atoms with E-state index in [1.165, 1.54) is 21.6 Å². The molecule has 0 aliphatic carbocycles. The zero-order valence-corrected chi connectivity index (χ0v) is 19.3. The number of thioether (sulfide) groups is 1. The van der Waals surface area contributed by atoms with Crippen LogP contribution in [0.2, 0.25) is 0 Å². The van der Waals surface area contributed by atoms with Gasteiger partial charge in [0.25, 0.3) is 5.91 Å². The van der Waals surface area contributed by atoms with Crippen LogP contribution in [0.25, 0.3) is 0 Å². The second-order valence-electron chi connectivity index (χ2n) is 8.27. The molecule has 0 saturated carbocycles.